The molecule has 0 amide bonds. The highest BCUT2D eigenvalue weighted by Crippen LogP contribution is 2.21. The van der Waals surface area contributed by atoms with E-state index in [2.05, 4.69) is 44.8 Å². The Bertz CT molecular complexity index is 218. The molecular weight excluding hydrogens is 212 g/mol. The van der Waals surface area contributed by atoms with Crippen molar-refractivity contribution < 1.29 is 4.74 Å². The molecule has 0 bridgehead atoms. The Hall–Kier alpha value is -0.120. The van der Waals surface area contributed by atoms with Crippen LogP contribution in [-0.4, -0.2) is 49.3 Å². The summed E-state index contributed by atoms with van der Waals surface area (Å²) in [5.74, 6) is 0.690. The van der Waals surface area contributed by atoms with E-state index in [9.17, 15) is 0 Å². The lowest BCUT2D eigenvalue weighted by Gasteiger charge is -2.43. The second-order valence-electron chi connectivity index (χ2n) is 6.00. The minimum Gasteiger partial charge on any atom is -0.373 e. The second-order valence-corrected chi connectivity index (χ2v) is 6.00. The highest BCUT2D eigenvalue weighted by atomic mass is 16.5. The lowest BCUT2D eigenvalue weighted by atomic mass is 9.98. The van der Waals surface area contributed by atoms with Gasteiger partial charge in [0.25, 0.3) is 0 Å². The largest absolute Gasteiger partial charge is 0.373 e. The zero-order chi connectivity index (χ0) is 12.9. The molecule has 3 heteroatoms. The molecule has 102 valence electrons. The van der Waals surface area contributed by atoms with Crippen molar-refractivity contribution in [1.29, 1.82) is 0 Å². The summed E-state index contributed by atoms with van der Waals surface area (Å²) in [6.07, 6.45) is 1.21. The first kappa shape index (κ1) is 14.9. The van der Waals surface area contributed by atoms with Gasteiger partial charge in [0.1, 0.15) is 0 Å². The van der Waals surface area contributed by atoms with E-state index in [0.29, 0.717) is 12.0 Å². The van der Waals surface area contributed by atoms with E-state index in [1.807, 2.05) is 0 Å². The Morgan fingerprint density at radius 3 is 2.65 bits per heavy atom. The Labute approximate surface area is 107 Å². The fourth-order valence-electron chi connectivity index (χ4n) is 2.44. The van der Waals surface area contributed by atoms with Gasteiger partial charge in [0.15, 0.2) is 0 Å². The fraction of sp³-hybridized carbons (Fsp3) is 1.00. The molecule has 0 aliphatic carbocycles. The van der Waals surface area contributed by atoms with Crippen LogP contribution in [0.5, 0.6) is 0 Å². The van der Waals surface area contributed by atoms with Crippen LogP contribution in [0.25, 0.3) is 0 Å². The van der Waals surface area contributed by atoms with Crippen molar-refractivity contribution in [2.75, 3.05) is 32.8 Å². The summed E-state index contributed by atoms with van der Waals surface area (Å²) in [5, 5.41) is 3.52. The number of rotatable bonds is 6. The minimum absolute atomic E-state index is 0.0169. The van der Waals surface area contributed by atoms with Crippen LogP contribution in [0, 0.1) is 5.92 Å². The van der Waals surface area contributed by atoms with E-state index in [1.54, 1.807) is 0 Å². The standard InChI is InChI=1S/C14H30N2O/c1-6-7-15-10-12(2)13(3)16-8-9-17-14(4,5)11-16/h12-13,15H,6-11H2,1-5H3. The summed E-state index contributed by atoms with van der Waals surface area (Å²) in [6.45, 7) is 16.5. The number of ether oxygens (including phenoxy) is 1. The topological polar surface area (TPSA) is 24.5 Å². The van der Waals surface area contributed by atoms with Crippen molar-refractivity contribution in [3.8, 4) is 0 Å². The van der Waals surface area contributed by atoms with Gasteiger partial charge >= 0.3 is 0 Å². The zero-order valence-corrected chi connectivity index (χ0v) is 12.3. The van der Waals surface area contributed by atoms with Gasteiger partial charge in [-0.25, -0.2) is 0 Å². The molecule has 17 heavy (non-hydrogen) atoms. The summed E-state index contributed by atoms with van der Waals surface area (Å²) in [6, 6.07) is 0.627. The van der Waals surface area contributed by atoms with Gasteiger partial charge in [-0.2, -0.15) is 0 Å². The van der Waals surface area contributed by atoms with E-state index < -0.39 is 0 Å². The number of hydrogen-bond donors (Lipinski definition) is 1. The van der Waals surface area contributed by atoms with E-state index in [0.717, 1.165) is 32.8 Å². The molecule has 2 atom stereocenters. The van der Waals surface area contributed by atoms with E-state index in [4.69, 9.17) is 4.74 Å². The molecule has 0 radical (unpaired) electrons. The number of nitrogens with zero attached hydrogens (tertiary/aromatic N) is 1. The predicted octanol–water partition coefficient (Wildman–Crippen LogP) is 2.12. The highest BCUT2D eigenvalue weighted by Gasteiger charge is 2.31. The molecule has 1 fully saturated rings. The highest BCUT2D eigenvalue weighted by molar-refractivity contribution is 4.84. The molecule has 0 aromatic rings. The summed E-state index contributed by atoms with van der Waals surface area (Å²) >= 11 is 0. The molecule has 1 aliphatic heterocycles. The van der Waals surface area contributed by atoms with Crippen molar-refractivity contribution in [2.24, 2.45) is 5.92 Å². The number of nitrogens with one attached hydrogen (secondary N) is 1. The van der Waals surface area contributed by atoms with Crippen LogP contribution in [0.15, 0.2) is 0 Å². The van der Waals surface area contributed by atoms with Gasteiger partial charge in [0, 0.05) is 19.1 Å². The van der Waals surface area contributed by atoms with Crippen LogP contribution in [0.1, 0.15) is 41.0 Å². The maximum atomic E-state index is 5.77. The molecule has 1 heterocycles. The molecule has 0 saturated carbocycles. The molecule has 1 aliphatic rings. The van der Waals surface area contributed by atoms with Crippen molar-refractivity contribution in [1.82, 2.24) is 10.2 Å². The third-order valence-corrected chi connectivity index (χ3v) is 3.75. The fourth-order valence-corrected chi connectivity index (χ4v) is 2.44. The smallest absolute Gasteiger partial charge is 0.0753 e. The molecule has 3 nitrogen and oxygen atoms in total. The summed E-state index contributed by atoms with van der Waals surface area (Å²) in [5.41, 5.74) is 0.0169. The van der Waals surface area contributed by atoms with Crippen LogP contribution in [0.3, 0.4) is 0 Å². The van der Waals surface area contributed by atoms with Gasteiger partial charge in [0.05, 0.1) is 12.2 Å². The third kappa shape index (κ3) is 4.94. The Kier molecular flexibility index (Phi) is 5.90. The van der Waals surface area contributed by atoms with Gasteiger partial charge in [-0.15, -0.1) is 0 Å². The Balaban J connectivity index is 2.37. The van der Waals surface area contributed by atoms with Gasteiger partial charge in [-0.1, -0.05) is 13.8 Å². The molecule has 0 spiro atoms. The lowest BCUT2D eigenvalue weighted by molar-refractivity contribution is -0.0999. The van der Waals surface area contributed by atoms with Crippen LogP contribution in [0.2, 0.25) is 0 Å². The quantitative estimate of drug-likeness (QED) is 0.722. The predicted molar refractivity (Wildman–Crippen MR) is 73.4 cm³/mol. The van der Waals surface area contributed by atoms with Crippen LogP contribution >= 0.6 is 0 Å². The number of morpholine rings is 1. The van der Waals surface area contributed by atoms with Gasteiger partial charge in [0.2, 0.25) is 0 Å². The first-order valence-corrected chi connectivity index (χ1v) is 7.05. The number of hydrogen-bond acceptors (Lipinski definition) is 3. The minimum atomic E-state index is 0.0169. The first-order chi connectivity index (χ1) is 7.96. The van der Waals surface area contributed by atoms with E-state index in [1.165, 1.54) is 6.42 Å². The van der Waals surface area contributed by atoms with Crippen molar-refractivity contribution >= 4 is 0 Å². The molecule has 1 saturated heterocycles. The maximum Gasteiger partial charge on any atom is 0.0753 e. The molecular formula is C14H30N2O. The van der Waals surface area contributed by atoms with Gasteiger partial charge in [-0.3, -0.25) is 4.90 Å². The SMILES string of the molecule is CCCNCC(C)C(C)N1CCOC(C)(C)C1. The molecule has 0 aromatic carbocycles. The zero-order valence-electron chi connectivity index (χ0n) is 12.3. The maximum absolute atomic E-state index is 5.77. The summed E-state index contributed by atoms with van der Waals surface area (Å²) in [7, 11) is 0. The van der Waals surface area contributed by atoms with Crippen LogP contribution < -0.4 is 5.32 Å². The van der Waals surface area contributed by atoms with Gasteiger partial charge < -0.3 is 10.1 Å². The van der Waals surface area contributed by atoms with Gasteiger partial charge in [-0.05, 0) is 46.2 Å². The average molecular weight is 242 g/mol. The molecule has 1 rings (SSSR count). The second kappa shape index (κ2) is 6.72. The summed E-state index contributed by atoms with van der Waals surface area (Å²) < 4.78 is 5.77. The summed E-state index contributed by atoms with van der Waals surface area (Å²) in [4.78, 5) is 2.57. The van der Waals surface area contributed by atoms with Crippen molar-refractivity contribution in [3.63, 3.8) is 0 Å². The van der Waals surface area contributed by atoms with Crippen molar-refractivity contribution in [2.45, 2.75) is 52.7 Å². The monoisotopic (exact) mass is 242 g/mol. The van der Waals surface area contributed by atoms with E-state index >= 15 is 0 Å². The molecule has 1 N–H and O–H groups in total. The first-order valence-electron chi connectivity index (χ1n) is 7.05. The third-order valence-electron chi connectivity index (χ3n) is 3.75. The lowest BCUT2D eigenvalue weighted by Crippen LogP contribution is -2.53. The van der Waals surface area contributed by atoms with E-state index in [-0.39, 0.29) is 5.60 Å². The molecule has 0 aromatic heterocycles. The van der Waals surface area contributed by atoms with Crippen molar-refractivity contribution in [3.05, 3.63) is 0 Å². The Morgan fingerprint density at radius 1 is 1.35 bits per heavy atom. The van der Waals surface area contributed by atoms with Crippen LogP contribution in [-0.2, 0) is 4.74 Å². The Morgan fingerprint density at radius 2 is 2.06 bits per heavy atom. The normalized spacial score (nSPS) is 24.5. The van der Waals surface area contributed by atoms with Crippen LogP contribution in [0.4, 0.5) is 0 Å². The molecule has 2 unspecified atom stereocenters. The average Bonchev–Trinajstić information content (AvgIpc) is 2.27.